The number of carbonyl (C=O) groups is 2. The van der Waals surface area contributed by atoms with Crippen LogP contribution in [0.4, 0.5) is 0 Å². The lowest BCUT2D eigenvalue weighted by molar-refractivity contribution is -0.306. The van der Waals surface area contributed by atoms with E-state index in [-0.39, 0.29) is 17.8 Å². The molecule has 7 unspecified atom stereocenters. The van der Waals surface area contributed by atoms with Crippen LogP contribution >= 0.6 is 0 Å². The van der Waals surface area contributed by atoms with Gasteiger partial charge < -0.3 is 50.0 Å². The predicted octanol–water partition coefficient (Wildman–Crippen LogP) is 0.405. The zero-order valence-electron chi connectivity index (χ0n) is 21.4. The molecular formula is C26H34O12. The summed E-state index contributed by atoms with van der Waals surface area (Å²) >= 11 is 0. The van der Waals surface area contributed by atoms with Gasteiger partial charge in [0, 0.05) is 11.8 Å². The van der Waals surface area contributed by atoms with Gasteiger partial charge in [0.15, 0.2) is 29.3 Å². The quantitative estimate of drug-likeness (QED) is 0.143. The maximum atomic E-state index is 12.3. The first-order chi connectivity index (χ1) is 17.6. The molecule has 1 aromatic rings. The number of esters is 1. The Morgan fingerprint density at radius 2 is 1.74 bits per heavy atom. The molecule has 1 aromatic carbocycles. The van der Waals surface area contributed by atoms with Crippen LogP contribution in [0.2, 0.25) is 0 Å². The molecule has 0 spiro atoms. The van der Waals surface area contributed by atoms with Crippen LogP contribution in [0.1, 0.15) is 44.5 Å². The van der Waals surface area contributed by atoms with E-state index in [0.29, 0.717) is 5.57 Å². The first-order valence-corrected chi connectivity index (χ1v) is 12.0. The molecular weight excluding hydrogens is 504 g/mol. The molecule has 210 valence electrons. The lowest BCUT2D eigenvalue weighted by atomic mass is 9.64. The van der Waals surface area contributed by atoms with Gasteiger partial charge in [-0.2, -0.15) is 0 Å². The zero-order valence-corrected chi connectivity index (χ0v) is 21.4. The van der Waals surface area contributed by atoms with Gasteiger partial charge >= 0.3 is 5.97 Å². The van der Waals surface area contributed by atoms with E-state index in [1.165, 1.54) is 18.2 Å². The summed E-state index contributed by atoms with van der Waals surface area (Å²) in [5, 5.41) is 70.8. The van der Waals surface area contributed by atoms with Crippen molar-refractivity contribution < 1.29 is 59.5 Å². The number of aromatic hydroxyl groups is 3. The van der Waals surface area contributed by atoms with Gasteiger partial charge in [0.2, 0.25) is 0 Å². The molecule has 1 heterocycles. The summed E-state index contributed by atoms with van der Waals surface area (Å²) in [7, 11) is 0. The topological polar surface area (TPSA) is 203 Å². The fraction of sp³-hybridized carbons (Fsp3) is 0.538. The summed E-state index contributed by atoms with van der Waals surface area (Å²) in [6.07, 6.45) is -4.04. The third kappa shape index (κ3) is 5.85. The van der Waals surface area contributed by atoms with Gasteiger partial charge in [-0.1, -0.05) is 19.9 Å². The molecule has 12 heteroatoms. The minimum atomic E-state index is -1.71. The first-order valence-electron chi connectivity index (χ1n) is 12.0. The highest BCUT2D eigenvalue weighted by atomic mass is 16.7. The molecule has 2 aliphatic rings. The minimum absolute atomic E-state index is 0.0908. The van der Waals surface area contributed by atoms with Crippen molar-refractivity contribution in [1.29, 1.82) is 0 Å². The molecule has 7 N–H and O–H groups in total. The van der Waals surface area contributed by atoms with Gasteiger partial charge in [-0.05, 0) is 43.7 Å². The summed E-state index contributed by atoms with van der Waals surface area (Å²) in [5.74, 6) is -3.44. The normalized spacial score (nSPS) is 32.2. The van der Waals surface area contributed by atoms with Gasteiger partial charge in [-0.3, -0.25) is 4.79 Å². The number of aliphatic hydroxyl groups excluding tert-OH is 3. The number of benzene rings is 1. The van der Waals surface area contributed by atoms with Crippen molar-refractivity contribution in [3.05, 3.63) is 41.5 Å². The third-order valence-corrected chi connectivity index (χ3v) is 6.94. The van der Waals surface area contributed by atoms with E-state index in [4.69, 9.17) is 14.2 Å². The highest BCUT2D eigenvalue weighted by Gasteiger charge is 2.47. The number of phenols is 3. The molecule has 3 rings (SSSR count). The number of carbonyl (C=O) groups excluding carboxylic acids is 2. The number of rotatable bonds is 7. The third-order valence-electron chi connectivity index (χ3n) is 6.94. The SMILES string of the molecule is CC1=CC(=O)CC(C)(C)C1(O)C=CC(C)OC1OC(COC(=O)c2cc(O)c(O)c(O)c2)C(O)C(O)C1O. The van der Waals surface area contributed by atoms with Gasteiger partial charge in [0.1, 0.15) is 36.6 Å². The number of allylic oxidation sites excluding steroid dienone is 1. The lowest BCUT2D eigenvalue weighted by Crippen LogP contribution is -2.59. The van der Waals surface area contributed by atoms with Crippen LogP contribution in [0.15, 0.2) is 35.9 Å². The highest BCUT2D eigenvalue weighted by molar-refractivity contribution is 5.93. The van der Waals surface area contributed by atoms with E-state index >= 15 is 0 Å². The molecule has 1 saturated heterocycles. The summed E-state index contributed by atoms with van der Waals surface area (Å²) in [5.41, 5.74) is -2.06. The van der Waals surface area contributed by atoms with Crippen LogP contribution in [0.25, 0.3) is 0 Å². The number of ether oxygens (including phenoxy) is 3. The van der Waals surface area contributed by atoms with Crippen LogP contribution in [-0.2, 0) is 19.0 Å². The number of aliphatic hydroxyl groups is 4. The summed E-state index contributed by atoms with van der Waals surface area (Å²) in [4.78, 5) is 24.2. The van der Waals surface area contributed by atoms with Crippen molar-refractivity contribution in [2.75, 3.05) is 6.61 Å². The molecule has 0 radical (unpaired) electrons. The minimum Gasteiger partial charge on any atom is -0.504 e. The van der Waals surface area contributed by atoms with E-state index in [0.717, 1.165) is 12.1 Å². The summed E-state index contributed by atoms with van der Waals surface area (Å²) in [6.45, 7) is 6.16. The number of ketones is 1. The smallest absolute Gasteiger partial charge is 0.338 e. The Kier molecular flexibility index (Phi) is 8.56. The van der Waals surface area contributed by atoms with Crippen molar-refractivity contribution in [3.8, 4) is 17.2 Å². The maximum absolute atomic E-state index is 12.3. The van der Waals surface area contributed by atoms with Gasteiger partial charge in [-0.15, -0.1) is 0 Å². The Morgan fingerprint density at radius 1 is 1.13 bits per heavy atom. The second-order valence-corrected chi connectivity index (χ2v) is 10.3. The molecule has 7 atom stereocenters. The van der Waals surface area contributed by atoms with Gasteiger partial charge in [0.05, 0.1) is 11.7 Å². The van der Waals surface area contributed by atoms with Crippen molar-refractivity contribution in [2.45, 2.75) is 76.5 Å². The molecule has 1 aliphatic carbocycles. The van der Waals surface area contributed by atoms with Crippen LogP contribution in [-0.4, -0.2) is 96.5 Å². The predicted molar refractivity (Wildman–Crippen MR) is 130 cm³/mol. The molecule has 38 heavy (non-hydrogen) atoms. The average Bonchev–Trinajstić information content (AvgIpc) is 2.83. The van der Waals surface area contributed by atoms with Crippen LogP contribution in [0.5, 0.6) is 17.2 Å². The zero-order chi connectivity index (χ0) is 28.6. The molecule has 0 bridgehead atoms. The molecule has 0 aromatic heterocycles. The monoisotopic (exact) mass is 538 g/mol. The van der Waals surface area contributed by atoms with E-state index in [9.17, 15) is 45.3 Å². The van der Waals surface area contributed by atoms with Crippen molar-refractivity contribution >= 4 is 11.8 Å². The maximum Gasteiger partial charge on any atom is 0.338 e. The van der Waals surface area contributed by atoms with E-state index in [1.807, 2.05) is 0 Å². The van der Waals surface area contributed by atoms with Crippen molar-refractivity contribution in [1.82, 2.24) is 0 Å². The van der Waals surface area contributed by atoms with Crippen molar-refractivity contribution in [3.63, 3.8) is 0 Å². The Bertz CT molecular complexity index is 1100. The standard InChI is InChI=1S/C26H34O12/c1-12-7-15(27)10-25(3,4)26(12,35)6-5-13(2)37-24-22(33)21(32)20(31)18(38-24)11-36-23(34)14-8-16(28)19(30)17(29)9-14/h5-9,13,18,20-22,24,28-33,35H,10-11H2,1-4H3. The molecule has 12 nitrogen and oxygen atoms in total. The highest BCUT2D eigenvalue weighted by Crippen LogP contribution is 2.44. The summed E-state index contributed by atoms with van der Waals surface area (Å²) < 4.78 is 16.3. The van der Waals surface area contributed by atoms with E-state index in [2.05, 4.69) is 0 Å². The van der Waals surface area contributed by atoms with Crippen LogP contribution in [0.3, 0.4) is 0 Å². The van der Waals surface area contributed by atoms with E-state index in [1.54, 1.807) is 27.7 Å². The molecule has 0 saturated carbocycles. The Morgan fingerprint density at radius 3 is 2.32 bits per heavy atom. The first kappa shape index (κ1) is 29.6. The van der Waals surface area contributed by atoms with Crippen LogP contribution < -0.4 is 0 Å². The second-order valence-electron chi connectivity index (χ2n) is 10.3. The Balaban J connectivity index is 1.67. The van der Waals surface area contributed by atoms with E-state index < -0.39 is 77.7 Å². The van der Waals surface area contributed by atoms with Crippen LogP contribution in [0, 0.1) is 5.41 Å². The Labute approximate surface area is 219 Å². The van der Waals surface area contributed by atoms with Gasteiger partial charge in [0.25, 0.3) is 0 Å². The molecule has 1 aliphatic heterocycles. The second kappa shape index (κ2) is 11.0. The molecule has 1 fully saturated rings. The fourth-order valence-corrected chi connectivity index (χ4v) is 4.53. The fourth-order valence-electron chi connectivity index (χ4n) is 4.53. The summed E-state index contributed by atoms with van der Waals surface area (Å²) in [6, 6.07) is 1.73. The number of hydrogen-bond acceptors (Lipinski definition) is 12. The lowest BCUT2D eigenvalue weighted by Gasteiger charge is -2.44. The van der Waals surface area contributed by atoms with Crippen molar-refractivity contribution in [2.24, 2.45) is 5.41 Å². The van der Waals surface area contributed by atoms with Gasteiger partial charge in [-0.25, -0.2) is 4.79 Å². The Hall–Kier alpha value is -3.00. The number of hydrogen-bond donors (Lipinski definition) is 7. The number of phenolic OH excluding ortho intramolecular Hbond substituents is 3. The molecule has 0 amide bonds. The average molecular weight is 539 g/mol. The largest absolute Gasteiger partial charge is 0.504 e.